The Labute approximate surface area is 144 Å². The molecule has 2 rings (SSSR count). The summed E-state index contributed by atoms with van der Waals surface area (Å²) < 4.78 is 4.16. The number of fused-ring (bicyclic) bond motifs is 1. The fourth-order valence-electron chi connectivity index (χ4n) is 2.76. The quantitative estimate of drug-likeness (QED) is 0.661. The molecule has 1 amide bonds. The molecule has 0 spiro atoms. The Morgan fingerprint density at radius 3 is 2.52 bits per heavy atom. The first-order valence-electron chi connectivity index (χ1n) is 8.31. The number of carbonyl (C=O) groups is 1. The monoisotopic (exact) mass is 351 g/mol. The molecule has 0 aliphatic heterocycles. The zero-order valence-corrected chi connectivity index (χ0v) is 15.1. The number of hydrogen-bond acceptors (Lipinski definition) is 5. The van der Waals surface area contributed by atoms with Gasteiger partial charge in [0, 0.05) is 27.6 Å². The van der Waals surface area contributed by atoms with Crippen LogP contribution in [0.5, 0.6) is 0 Å². The van der Waals surface area contributed by atoms with Gasteiger partial charge in [0.25, 0.3) is 5.56 Å². The lowest BCUT2D eigenvalue weighted by molar-refractivity contribution is -0.119. The molecule has 1 atom stereocenters. The van der Waals surface area contributed by atoms with Crippen LogP contribution in [0.25, 0.3) is 11.2 Å². The number of imidazole rings is 1. The third-order valence-electron chi connectivity index (χ3n) is 4.20. The molecule has 0 saturated carbocycles. The molecule has 2 heterocycles. The van der Waals surface area contributed by atoms with Crippen molar-refractivity contribution in [3.05, 3.63) is 26.7 Å². The van der Waals surface area contributed by atoms with Crippen LogP contribution < -0.4 is 16.6 Å². The van der Waals surface area contributed by atoms with Crippen molar-refractivity contribution in [2.24, 2.45) is 14.1 Å². The summed E-state index contributed by atoms with van der Waals surface area (Å²) in [7, 11) is 3.27. The SMILES string of the molecule is CC(=O)NCc1nc2c(c(=O)n(CCCC[C@@H](C)O)c(=O)n2C)n1C. The molecule has 25 heavy (non-hydrogen) atoms. The molecule has 9 nitrogen and oxygen atoms in total. The number of carbonyl (C=O) groups excluding carboxylic acids is 1. The summed E-state index contributed by atoms with van der Waals surface area (Å²) >= 11 is 0. The first kappa shape index (κ1) is 18.9. The summed E-state index contributed by atoms with van der Waals surface area (Å²) in [5.74, 6) is 0.306. The zero-order chi connectivity index (χ0) is 18.7. The van der Waals surface area contributed by atoms with E-state index in [0.29, 0.717) is 36.4 Å². The third kappa shape index (κ3) is 3.98. The van der Waals surface area contributed by atoms with Crippen molar-refractivity contribution in [1.82, 2.24) is 24.0 Å². The normalized spacial score (nSPS) is 12.5. The predicted molar refractivity (Wildman–Crippen MR) is 93.3 cm³/mol. The Morgan fingerprint density at radius 2 is 1.92 bits per heavy atom. The van der Waals surface area contributed by atoms with Crippen molar-refractivity contribution >= 4 is 17.1 Å². The maximum atomic E-state index is 12.8. The van der Waals surface area contributed by atoms with Crippen molar-refractivity contribution in [2.75, 3.05) is 0 Å². The Bertz CT molecular complexity index is 891. The maximum Gasteiger partial charge on any atom is 0.332 e. The highest BCUT2D eigenvalue weighted by atomic mass is 16.3. The highest BCUT2D eigenvalue weighted by Crippen LogP contribution is 2.09. The van der Waals surface area contributed by atoms with Gasteiger partial charge in [0.2, 0.25) is 5.91 Å². The number of aliphatic hydroxyl groups excluding tert-OH is 1. The summed E-state index contributed by atoms with van der Waals surface area (Å²) in [6, 6.07) is 0. The van der Waals surface area contributed by atoms with Gasteiger partial charge in [0.1, 0.15) is 5.82 Å². The molecule has 0 aromatic carbocycles. The lowest BCUT2D eigenvalue weighted by atomic mass is 10.2. The highest BCUT2D eigenvalue weighted by molar-refractivity contribution is 5.73. The zero-order valence-electron chi connectivity index (χ0n) is 15.1. The Hall–Kier alpha value is -2.42. The average Bonchev–Trinajstić information content (AvgIpc) is 2.87. The number of rotatable bonds is 7. The molecule has 0 aliphatic carbocycles. The second-order valence-electron chi connectivity index (χ2n) is 6.31. The van der Waals surface area contributed by atoms with Gasteiger partial charge >= 0.3 is 5.69 Å². The lowest BCUT2D eigenvalue weighted by Gasteiger charge is -2.09. The van der Waals surface area contributed by atoms with Crippen LogP contribution in [0.4, 0.5) is 0 Å². The molecule has 0 radical (unpaired) electrons. The number of hydrogen-bond donors (Lipinski definition) is 2. The van der Waals surface area contributed by atoms with Gasteiger partial charge in [-0.3, -0.25) is 18.7 Å². The van der Waals surface area contributed by atoms with Gasteiger partial charge in [-0.15, -0.1) is 0 Å². The Balaban J connectivity index is 2.41. The van der Waals surface area contributed by atoms with Gasteiger partial charge in [0.15, 0.2) is 11.2 Å². The molecule has 138 valence electrons. The number of aromatic nitrogens is 4. The molecule has 2 aromatic rings. The van der Waals surface area contributed by atoms with Gasteiger partial charge in [-0.05, 0) is 26.2 Å². The topological polar surface area (TPSA) is 111 Å². The van der Waals surface area contributed by atoms with Crippen molar-refractivity contribution in [3.8, 4) is 0 Å². The summed E-state index contributed by atoms with van der Waals surface area (Å²) in [5, 5.41) is 11.9. The molecule has 2 N–H and O–H groups in total. The van der Waals surface area contributed by atoms with Gasteiger partial charge in [-0.2, -0.15) is 0 Å². The number of aliphatic hydroxyl groups is 1. The summed E-state index contributed by atoms with van der Waals surface area (Å²) in [5.41, 5.74) is -0.172. The molecule has 0 saturated heterocycles. The van der Waals surface area contributed by atoms with E-state index in [2.05, 4.69) is 10.3 Å². The van der Waals surface area contributed by atoms with E-state index in [1.165, 1.54) is 16.1 Å². The molecular formula is C16H25N5O4. The Kier molecular flexibility index (Phi) is 5.78. The summed E-state index contributed by atoms with van der Waals surface area (Å²) in [6.45, 7) is 3.59. The van der Waals surface area contributed by atoms with E-state index in [4.69, 9.17) is 0 Å². The van der Waals surface area contributed by atoms with Crippen molar-refractivity contribution in [2.45, 2.75) is 52.3 Å². The van der Waals surface area contributed by atoms with Crippen LogP contribution >= 0.6 is 0 Å². The minimum absolute atomic E-state index is 0.183. The second-order valence-corrected chi connectivity index (χ2v) is 6.31. The average molecular weight is 351 g/mol. The van der Waals surface area contributed by atoms with Gasteiger partial charge in [0.05, 0.1) is 12.6 Å². The standard InChI is InChI=1S/C16H25N5O4/c1-10(22)7-5-6-8-21-15(24)13-14(20(4)16(21)25)18-12(19(13)3)9-17-11(2)23/h10,22H,5-9H2,1-4H3,(H,17,23)/t10-/m1/s1. The predicted octanol–water partition coefficient (Wildman–Crippen LogP) is -0.379. The van der Waals surface area contributed by atoms with E-state index in [1.807, 2.05) is 0 Å². The molecule has 0 bridgehead atoms. The summed E-state index contributed by atoms with van der Waals surface area (Å²) in [6.07, 6.45) is 1.59. The fourth-order valence-corrected chi connectivity index (χ4v) is 2.76. The van der Waals surface area contributed by atoms with Crippen molar-refractivity contribution in [3.63, 3.8) is 0 Å². The number of nitrogens with zero attached hydrogens (tertiary/aromatic N) is 4. The number of aryl methyl sites for hydroxylation is 2. The van der Waals surface area contributed by atoms with Gasteiger partial charge < -0.3 is 15.0 Å². The van der Waals surface area contributed by atoms with Crippen LogP contribution in [0.1, 0.15) is 38.9 Å². The van der Waals surface area contributed by atoms with Crippen molar-refractivity contribution < 1.29 is 9.90 Å². The summed E-state index contributed by atoms with van der Waals surface area (Å²) in [4.78, 5) is 40.7. The van der Waals surface area contributed by atoms with E-state index in [-0.39, 0.29) is 18.0 Å². The van der Waals surface area contributed by atoms with Crippen LogP contribution in [0, 0.1) is 0 Å². The highest BCUT2D eigenvalue weighted by Gasteiger charge is 2.18. The molecule has 0 fully saturated rings. The number of amides is 1. The minimum Gasteiger partial charge on any atom is -0.393 e. The Morgan fingerprint density at radius 1 is 1.24 bits per heavy atom. The smallest absolute Gasteiger partial charge is 0.332 e. The molecule has 9 heteroatoms. The van der Waals surface area contributed by atoms with E-state index >= 15 is 0 Å². The van der Waals surface area contributed by atoms with Crippen molar-refractivity contribution in [1.29, 1.82) is 0 Å². The second kappa shape index (κ2) is 7.64. The molecule has 0 unspecified atom stereocenters. The fraction of sp³-hybridized carbons (Fsp3) is 0.625. The number of unbranched alkanes of at least 4 members (excludes halogenated alkanes) is 1. The van der Waals surface area contributed by atoms with Crippen LogP contribution in [-0.4, -0.2) is 35.8 Å². The minimum atomic E-state index is -0.418. The number of nitrogens with one attached hydrogen (secondary N) is 1. The van der Waals surface area contributed by atoms with Crippen LogP contribution in [0.2, 0.25) is 0 Å². The van der Waals surface area contributed by atoms with Gasteiger partial charge in [-0.25, -0.2) is 9.78 Å². The van der Waals surface area contributed by atoms with E-state index in [9.17, 15) is 19.5 Å². The van der Waals surface area contributed by atoms with E-state index in [0.717, 1.165) is 6.42 Å². The van der Waals surface area contributed by atoms with E-state index < -0.39 is 11.8 Å². The lowest BCUT2D eigenvalue weighted by Crippen LogP contribution is -2.39. The molecular weight excluding hydrogens is 326 g/mol. The first-order chi connectivity index (χ1) is 11.7. The first-order valence-corrected chi connectivity index (χ1v) is 8.31. The van der Waals surface area contributed by atoms with E-state index in [1.54, 1.807) is 25.6 Å². The molecule has 2 aromatic heterocycles. The van der Waals surface area contributed by atoms with Gasteiger partial charge in [-0.1, -0.05) is 0 Å². The van der Waals surface area contributed by atoms with Crippen LogP contribution in [0.15, 0.2) is 9.59 Å². The van der Waals surface area contributed by atoms with Crippen LogP contribution in [-0.2, 0) is 32.0 Å². The van der Waals surface area contributed by atoms with Crippen LogP contribution in [0.3, 0.4) is 0 Å². The third-order valence-corrected chi connectivity index (χ3v) is 4.20. The maximum absolute atomic E-state index is 12.8. The molecule has 0 aliphatic rings. The largest absolute Gasteiger partial charge is 0.393 e.